The average molecular weight is 250 g/mol. The van der Waals surface area contributed by atoms with E-state index in [4.69, 9.17) is 14.9 Å². The molecule has 0 bridgehead atoms. The van der Waals surface area contributed by atoms with Crippen LogP contribution in [0.3, 0.4) is 0 Å². The Hall–Kier alpha value is -0.840. The summed E-state index contributed by atoms with van der Waals surface area (Å²) in [6.45, 7) is 5.77. The number of hydrogen-bond donors (Lipinski definition) is 1. The Morgan fingerprint density at radius 3 is 2.67 bits per heavy atom. The molecule has 1 aromatic rings. The number of aryl methyl sites for hydroxylation is 1. The van der Waals surface area contributed by atoms with Gasteiger partial charge in [0.15, 0.2) is 0 Å². The number of hydrogen-bond acceptors (Lipinski definition) is 4. The SMILES string of the molecule is Cc1ccc([C@@H]2CN(C3CCOCC3)C[C@H]2N)o1. The second-order valence-corrected chi connectivity index (χ2v) is 5.52. The van der Waals surface area contributed by atoms with Gasteiger partial charge in [-0.1, -0.05) is 0 Å². The van der Waals surface area contributed by atoms with Gasteiger partial charge < -0.3 is 14.9 Å². The summed E-state index contributed by atoms with van der Waals surface area (Å²) in [4.78, 5) is 2.52. The van der Waals surface area contributed by atoms with E-state index >= 15 is 0 Å². The molecule has 3 rings (SSSR count). The fourth-order valence-corrected chi connectivity index (χ4v) is 3.16. The Morgan fingerprint density at radius 1 is 1.22 bits per heavy atom. The first-order chi connectivity index (χ1) is 8.74. The van der Waals surface area contributed by atoms with Crippen molar-refractivity contribution in [2.24, 2.45) is 5.73 Å². The van der Waals surface area contributed by atoms with Crippen molar-refractivity contribution in [1.82, 2.24) is 4.90 Å². The van der Waals surface area contributed by atoms with Crippen LogP contribution >= 0.6 is 0 Å². The monoisotopic (exact) mass is 250 g/mol. The van der Waals surface area contributed by atoms with E-state index in [9.17, 15) is 0 Å². The molecule has 0 aliphatic carbocycles. The summed E-state index contributed by atoms with van der Waals surface area (Å²) in [5, 5.41) is 0. The molecule has 2 saturated heterocycles. The van der Waals surface area contributed by atoms with Crippen LogP contribution in [0.15, 0.2) is 16.5 Å². The minimum atomic E-state index is 0.193. The lowest BCUT2D eigenvalue weighted by Crippen LogP contribution is -2.39. The molecule has 0 radical (unpaired) electrons. The van der Waals surface area contributed by atoms with E-state index < -0.39 is 0 Å². The van der Waals surface area contributed by atoms with Crippen molar-refractivity contribution in [3.63, 3.8) is 0 Å². The molecule has 2 atom stereocenters. The van der Waals surface area contributed by atoms with Gasteiger partial charge in [-0.2, -0.15) is 0 Å². The predicted octanol–water partition coefficient (Wildman–Crippen LogP) is 1.49. The van der Waals surface area contributed by atoms with Gasteiger partial charge >= 0.3 is 0 Å². The summed E-state index contributed by atoms with van der Waals surface area (Å²) in [5.74, 6) is 2.37. The molecule has 4 nitrogen and oxygen atoms in total. The maximum atomic E-state index is 6.28. The maximum Gasteiger partial charge on any atom is 0.110 e. The number of nitrogens with zero attached hydrogens (tertiary/aromatic N) is 1. The third kappa shape index (κ3) is 2.32. The van der Waals surface area contributed by atoms with Crippen LogP contribution in [0.2, 0.25) is 0 Å². The molecule has 3 heterocycles. The molecular weight excluding hydrogens is 228 g/mol. The van der Waals surface area contributed by atoms with Gasteiger partial charge in [0.25, 0.3) is 0 Å². The van der Waals surface area contributed by atoms with Crippen molar-refractivity contribution in [2.45, 2.75) is 37.8 Å². The summed E-state index contributed by atoms with van der Waals surface area (Å²) >= 11 is 0. The van der Waals surface area contributed by atoms with Crippen molar-refractivity contribution < 1.29 is 9.15 Å². The molecule has 0 aromatic carbocycles. The van der Waals surface area contributed by atoms with Crippen molar-refractivity contribution in [2.75, 3.05) is 26.3 Å². The number of nitrogens with two attached hydrogens (primary N) is 1. The maximum absolute atomic E-state index is 6.28. The number of rotatable bonds is 2. The van der Waals surface area contributed by atoms with Gasteiger partial charge in [0.1, 0.15) is 11.5 Å². The molecular formula is C14H22N2O2. The third-order valence-corrected chi connectivity index (χ3v) is 4.23. The summed E-state index contributed by atoms with van der Waals surface area (Å²) in [6, 6.07) is 4.94. The Balaban J connectivity index is 1.68. The first-order valence-corrected chi connectivity index (χ1v) is 6.88. The second-order valence-electron chi connectivity index (χ2n) is 5.52. The lowest BCUT2D eigenvalue weighted by atomic mass is 10.0. The summed E-state index contributed by atoms with van der Waals surface area (Å²) in [7, 11) is 0. The zero-order chi connectivity index (χ0) is 12.5. The number of ether oxygens (including phenoxy) is 1. The van der Waals surface area contributed by atoms with Gasteiger partial charge in [0.2, 0.25) is 0 Å². The van der Waals surface area contributed by atoms with Crippen molar-refractivity contribution >= 4 is 0 Å². The van der Waals surface area contributed by atoms with Crippen LogP contribution in [0.1, 0.15) is 30.3 Å². The van der Waals surface area contributed by atoms with E-state index in [2.05, 4.69) is 11.0 Å². The first-order valence-electron chi connectivity index (χ1n) is 6.88. The lowest BCUT2D eigenvalue weighted by Gasteiger charge is -2.30. The summed E-state index contributed by atoms with van der Waals surface area (Å²) in [5.41, 5.74) is 6.28. The van der Waals surface area contributed by atoms with E-state index in [1.165, 1.54) is 0 Å². The van der Waals surface area contributed by atoms with E-state index in [-0.39, 0.29) is 6.04 Å². The molecule has 2 aliphatic heterocycles. The Bertz CT molecular complexity index is 398. The Morgan fingerprint density at radius 2 is 2.00 bits per heavy atom. The number of likely N-dealkylation sites (tertiary alicyclic amines) is 1. The van der Waals surface area contributed by atoms with Crippen molar-refractivity contribution in [1.29, 1.82) is 0 Å². The highest BCUT2D eigenvalue weighted by molar-refractivity contribution is 5.16. The summed E-state index contributed by atoms with van der Waals surface area (Å²) in [6.07, 6.45) is 2.27. The van der Waals surface area contributed by atoms with Crippen LogP contribution in [-0.4, -0.2) is 43.3 Å². The zero-order valence-electron chi connectivity index (χ0n) is 11.0. The largest absolute Gasteiger partial charge is 0.466 e. The molecule has 100 valence electrons. The quantitative estimate of drug-likeness (QED) is 0.864. The Labute approximate surface area is 108 Å². The fourth-order valence-electron chi connectivity index (χ4n) is 3.16. The average Bonchev–Trinajstić information content (AvgIpc) is 2.97. The summed E-state index contributed by atoms with van der Waals surface area (Å²) < 4.78 is 11.2. The van der Waals surface area contributed by atoms with Gasteiger partial charge in [-0.05, 0) is 31.9 Å². The molecule has 0 spiro atoms. The highest BCUT2D eigenvalue weighted by Gasteiger charge is 2.36. The van der Waals surface area contributed by atoms with Gasteiger partial charge in [-0.25, -0.2) is 0 Å². The molecule has 0 amide bonds. The molecule has 0 unspecified atom stereocenters. The molecule has 2 N–H and O–H groups in total. The van der Waals surface area contributed by atoms with Crippen LogP contribution in [0.25, 0.3) is 0 Å². The normalized spacial score (nSPS) is 31.0. The van der Waals surface area contributed by atoms with Crippen molar-refractivity contribution in [3.8, 4) is 0 Å². The Kier molecular flexibility index (Phi) is 3.41. The number of furan rings is 1. The minimum absolute atomic E-state index is 0.193. The predicted molar refractivity (Wildman–Crippen MR) is 69.6 cm³/mol. The second kappa shape index (κ2) is 5.03. The van der Waals surface area contributed by atoms with Crippen LogP contribution < -0.4 is 5.73 Å². The van der Waals surface area contributed by atoms with E-state index in [0.717, 1.165) is 50.7 Å². The van der Waals surface area contributed by atoms with Crippen LogP contribution in [-0.2, 0) is 4.74 Å². The fraction of sp³-hybridized carbons (Fsp3) is 0.714. The molecule has 0 saturated carbocycles. The molecule has 18 heavy (non-hydrogen) atoms. The molecule has 2 fully saturated rings. The minimum Gasteiger partial charge on any atom is -0.466 e. The zero-order valence-corrected chi connectivity index (χ0v) is 11.0. The lowest BCUT2D eigenvalue weighted by molar-refractivity contribution is 0.0415. The topological polar surface area (TPSA) is 51.6 Å². The molecule has 1 aromatic heterocycles. The van der Waals surface area contributed by atoms with Gasteiger partial charge in [-0.3, -0.25) is 4.90 Å². The van der Waals surface area contributed by atoms with Gasteiger partial charge in [0.05, 0.1) is 0 Å². The standard InChI is InChI=1S/C14H22N2O2/c1-10-2-3-14(18-10)12-8-16(9-13(12)15)11-4-6-17-7-5-11/h2-3,11-13H,4-9,15H2,1H3/t12-,13-/m1/s1. The van der Waals surface area contributed by atoms with Crippen LogP contribution in [0.4, 0.5) is 0 Å². The smallest absolute Gasteiger partial charge is 0.110 e. The first kappa shape index (κ1) is 12.2. The molecule has 2 aliphatic rings. The highest BCUT2D eigenvalue weighted by atomic mass is 16.5. The van der Waals surface area contributed by atoms with E-state index in [0.29, 0.717) is 12.0 Å². The van der Waals surface area contributed by atoms with Gasteiger partial charge in [0, 0.05) is 44.3 Å². The van der Waals surface area contributed by atoms with E-state index in [1.54, 1.807) is 0 Å². The molecule has 4 heteroatoms. The van der Waals surface area contributed by atoms with Crippen LogP contribution in [0.5, 0.6) is 0 Å². The van der Waals surface area contributed by atoms with Crippen molar-refractivity contribution in [3.05, 3.63) is 23.7 Å². The van der Waals surface area contributed by atoms with Gasteiger partial charge in [-0.15, -0.1) is 0 Å². The third-order valence-electron chi connectivity index (χ3n) is 4.23. The van der Waals surface area contributed by atoms with Crippen LogP contribution in [0, 0.1) is 6.92 Å². The highest BCUT2D eigenvalue weighted by Crippen LogP contribution is 2.30. The van der Waals surface area contributed by atoms with E-state index in [1.807, 2.05) is 13.0 Å².